The van der Waals surface area contributed by atoms with E-state index in [9.17, 15) is 36.6 Å². The average molecular weight is 693 g/mol. The average Bonchev–Trinajstić information content (AvgIpc) is 3.37. The van der Waals surface area contributed by atoms with Crippen LogP contribution in [0, 0.1) is 5.92 Å². The Bertz CT molecular complexity index is 1710. The summed E-state index contributed by atoms with van der Waals surface area (Å²) in [7, 11) is -3.57. The molecule has 0 aliphatic carbocycles. The number of aliphatic hydroxyl groups is 2. The third kappa shape index (κ3) is 8.43. The highest BCUT2D eigenvalue weighted by molar-refractivity contribution is 7.88. The summed E-state index contributed by atoms with van der Waals surface area (Å²) in [5.74, 6) is -0.329. The van der Waals surface area contributed by atoms with Crippen LogP contribution >= 0.6 is 0 Å². The fourth-order valence-corrected chi connectivity index (χ4v) is 7.27. The van der Waals surface area contributed by atoms with E-state index in [0.717, 1.165) is 12.3 Å². The number of aliphatic hydroxyl groups excluding tert-OH is 1. The normalized spacial score (nSPS) is 18.1. The van der Waals surface area contributed by atoms with E-state index in [0.29, 0.717) is 67.1 Å². The maximum atomic E-state index is 14.0. The maximum Gasteiger partial charge on any atom is 0.416 e. The minimum absolute atomic E-state index is 0.0146. The zero-order chi connectivity index (χ0) is 34.9. The topological polar surface area (TPSA) is 141 Å². The first-order valence-electron chi connectivity index (χ1n) is 16.1. The second kappa shape index (κ2) is 14.2. The van der Waals surface area contributed by atoms with E-state index in [2.05, 4.69) is 15.2 Å². The van der Waals surface area contributed by atoms with Gasteiger partial charge in [-0.2, -0.15) is 22.6 Å². The Morgan fingerprint density at radius 2 is 1.83 bits per heavy atom. The number of aromatic nitrogens is 3. The second-order valence-corrected chi connectivity index (χ2v) is 15.2. The highest BCUT2D eigenvalue weighted by atomic mass is 32.2. The van der Waals surface area contributed by atoms with Crippen LogP contribution in [-0.2, 0) is 52.7 Å². The van der Waals surface area contributed by atoms with Crippen LogP contribution in [0.3, 0.4) is 0 Å². The van der Waals surface area contributed by atoms with E-state index in [1.54, 1.807) is 23.0 Å². The highest BCUT2D eigenvalue weighted by Crippen LogP contribution is 2.37. The molecule has 1 fully saturated rings. The number of pyridine rings is 1. The van der Waals surface area contributed by atoms with E-state index in [-0.39, 0.29) is 50.0 Å². The van der Waals surface area contributed by atoms with Gasteiger partial charge in [0, 0.05) is 75.1 Å². The summed E-state index contributed by atoms with van der Waals surface area (Å²) >= 11 is 0. The molecule has 1 unspecified atom stereocenters. The molecule has 2 aliphatic rings. The lowest BCUT2D eigenvalue weighted by Crippen LogP contribution is -2.46. The number of nitrogens with zero attached hydrogens (tertiary/aromatic N) is 5. The van der Waals surface area contributed by atoms with E-state index in [4.69, 9.17) is 5.10 Å². The predicted octanol–water partition coefficient (Wildman–Crippen LogP) is 3.29. The molecule has 15 heteroatoms. The van der Waals surface area contributed by atoms with Crippen LogP contribution in [0.15, 0.2) is 42.6 Å². The van der Waals surface area contributed by atoms with Crippen LogP contribution in [0.4, 0.5) is 13.2 Å². The van der Waals surface area contributed by atoms with Gasteiger partial charge >= 0.3 is 6.18 Å². The number of amides is 1. The van der Waals surface area contributed by atoms with Gasteiger partial charge < -0.3 is 20.4 Å². The largest absolute Gasteiger partial charge is 0.416 e. The SMILES string of the molecule is CC(C)CC(=O)NCc1cc(-c2nn(CC(O)CN3CCC(O)(c4ccccn4)CC3)c3c2CN(S(C)(=O)=O)CC3)ccc1C(F)(F)F. The molecule has 0 radical (unpaired) electrons. The van der Waals surface area contributed by atoms with E-state index in [1.807, 2.05) is 19.9 Å². The van der Waals surface area contributed by atoms with Gasteiger partial charge in [-0.05, 0) is 48.6 Å². The molecule has 2 aliphatic heterocycles. The Hall–Kier alpha value is -3.37. The van der Waals surface area contributed by atoms with Crippen molar-refractivity contribution in [2.75, 3.05) is 32.4 Å². The Balaban J connectivity index is 1.39. The first-order valence-corrected chi connectivity index (χ1v) is 17.9. The lowest BCUT2D eigenvalue weighted by atomic mass is 9.87. The number of fused-ring (bicyclic) bond motifs is 1. The molecule has 0 spiro atoms. The predicted molar refractivity (Wildman–Crippen MR) is 173 cm³/mol. The zero-order valence-corrected chi connectivity index (χ0v) is 28.2. The van der Waals surface area contributed by atoms with Crippen molar-refractivity contribution in [3.8, 4) is 11.3 Å². The van der Waals surface area contributed by atoms with Crippen LogP contribution in [0.25, 0.3) is 11.3 Å². The number of β-amino-alcohol motifs (C(OH)–C–C–N with tert-alkyl or cyclic N) is 1. The molecular formula is C33H43F3N6O5S. The molecule has 3 N–H and O–H groups in total. The van der Waals surface area contributed by atoms with Crippen molar-refractivity contribution in [3.63, 3.8) is 0 Å². The third-order valence-electron chi connectivity index (χ3n) is 9.00. The number of benzene rings is 1. The molecule has 4 heterocycles. The van der Waals surface area contributed by atoms with Gasteiger partial charge in [0.1, 0.15) is 5.60 Å². The fourth-order valence-electron chi connectivity index (χ4n) is 6.49. The molecule has 5 rings (SSSR count). The molecule has 48 heavy (non-hydrogen) atoms. The van der Waals surface area contributed by atoms with Gasteiger partial charge in [0.2, 0.25) is 15.9 Å². The number of likely N-dealkylation sites (tertiary alicyclic amines) is 1. The molecule has 1 amide bonds. The number of piperidine rings is 1. The summed E-state index contributed by atoms with van der Waals surface area (Å²) in [4.78, 5) is 18.7. The third-order valence-corrected chi connectivity index (χ3v) is 10.2. The Labute approximate surface area is 278 Å². The van der Waals surface area contributed by atoms with Crippen LogP contribution in [0.2, 0.25) is 0 Å². The van der Waals surface area contributed by atoms with Crippen molar-refractivity contribution in [1.82, 2.24) is 29.3 Å². The lowest BCUT2D eigenvalue weighted by molar-refractivity contribution is -0.138. The van der Waals surface area contributed by atoms with Crippen LogP contribution < -0.4 is 5.32 Å². The molecule has 262 valence electrons. The fraction of sp³-hybridized carbons (Fsp3) is 0.545. The molecule has 1 saturated heterocycles. The Kier molecular flexibility index (Phi) is 10.7. The van der Waals surface area contributed by atoms with Crippen molar-refractivity contribution in [1.29, 1.82) is 0 Å². The standard InChI is InChI=1S/C33H43F3N6O5S/c1-22(2)16-30(44)38-18-24-17-23(7-8-27(24)33(34,35)36)31-26-21-41(48(3,46)47)13-9-28(26)42(39-31)20-25(43)19-40-14-10-32(45,11-15-40)29-6-4-5-12-37-29/h4-8,12,17,22,25,43,45H,9-11,13-16,18-21H2,1-3H3,(H,38,44). The van der Waals surface area contributed by atoms with E-state index < -0.39 is 33.5 Å². The molecule has 1 atom stereocenters. The van der Waals surface area contributed by atoms with Gasteiger partial charge in [0.25, 0.3) is 0 Å². The van der Waals surface area contributed by atoms with Gasteiger partial charge in [-0.1, -0.05) is 26.0 Å². The van der Waals surface area contributed by atoms with Gasteiger partial charge in [-0.15, -0.1) is 0 Å². The summed E-state index contributed by atoms with van der Waals surface area (Å²) in [5.41, 5.74) is 0.510. The smallest absolute Gasteiger partial charge is 0.390 e. The summed E-state index contributed by atoms with van der Waals surface area (Å²) < 4.78 is 69.9. The van der Waals surface area contributed by atoms with Crippen molar-refractivity contribution in [2.45, 2.75) is 77.0 Å². The number of sulfonamides is 1. The Morgan fingerprint density at radius 1 is 1.10 bits per heavy atom. The van der Waals surface area contributed by atoms with E-state index >= 15 is 0 Å². The number of hydrogen-bond donors (Lipinski definition) is 3. The number of halogens is 3. The van der Waals surface area contributed by atoms with Crippen molar-refractivity contribution in [3.05, 3.63) is 70.7 Å². The van der Waals surface area contributed by atoms with Gasteiger partial charge in [0.05, 0.1) is 35.9 Å². The second-order valence-electron chi connectivity index (χ2n) is 13.2. The van der Waals surface area contributed by atoms with Crippen molar-refractivity contribution >= 4 is 15.9 Å². The molecule has 0 saturated carbocycles. The Morgan fingerprint density at radius 3 is 2.46 bits per heavy atom. The van der Waals surface area contributed by atoms with Crippen molar-refractivity contribution in [2.24, 2.45) is 5.92 Å². The molecule has 0 bridgehead atoms. The minimum Gasteiger partial charge on any atom is -0.390 e. The monoisotopic (exact) mass is 692 g/mol. The molecule has 2 aromatic heterocycles. The summed E-state index contributed by atoms with van der Waals surface area (Å²) in [5, 5.41) is 29.6. The maximum absolute atomic E-state index is 14.0. The summed E-state index contributed by atoms with van der Waals surface area (Å²) in [6, 6.07) is 9.04. The number of nitrogens with one attached hydrogen (secondary N) is 1. The van der Waals surface area contributed by atoms with E-state index in [1.165, 1.54) is 16.4 Å². The number of carbonyl (C=O) groups excluding carboxylic acids is 1. The summed E-state index contributed by atoms with van der Waals surface area (Å²) in [6.07, 6.45) is -1.39. The number of rotatable bonds is 11. The number of hydrogen-bond acceptors (Lipinski definition) is 8. The number of alkyl halides is 3. The van der Waals surface area contributed by atoms with Gasteiger partial charge in [-0.25, -0.2) is 8.42 Å². The molecule has 11 nitrogen and oxygen atoms in total. The molecule has 3 aromatic rings. The molecular weight excluding hydrogens is 649 g/mol. The van der Waals surface area contributed by atoms with Crippen LogP contribution in [0.1, 0.15) is 61.2 Å². The summed E-state index contributed by atoms with van der Waals surface area (Å²) in [6.45, 7) is 5.00. The van der Waals surface area contributed by atoms with Crippen LogP contribution in [0.5, 0.6) is 0 Å². The van der Waals surface area contributed by atoms with Gasteiger partial charge in [-0.3, -0.25) is 14.5 Å². The lowest BCUT2D eigenvalue weighted by Gasteiger charge is -2.38. The first-order chi connectivity index (χ1) is 22.5. The van der Waals surface area contributed by atoms with Crippen molar-refractivity contribution < 1.29 is 36.6 Å². The first kappa shape index (κ1) is 35.9. The number of carbonyl (C=O) groups is 1. The zero-order valence-electron chi connectivity index (χ0n) is 27.4. The van der Waals surface area contributed by atoms with Gasteiger partial charge in [0.15, 0.2) is 0 Å². The highest BCUT2D eigenvalue weighted by Gasteiger charge is 2.37. The molecule has 1 aromatic carbocycles. The van der Waals surface area contributed by atoms with Crippen LogP contribution in [-0.4, -0.2) is 87.0 Å². The quantitative estimate of drug-likeness (QED) is 0.278. The minimum atomic E-state index is -4.66.